The molecule has 0 fully saturated rings. The zero-order valence-corrected chi connectivity index (χ0v) is 16.9. The first kappa shape index (κ1) is 19.5. The zero-order valence-electron chi connectivity index (χ0n) is 15.4. The van der Waals surface area contributed by atoms with E-state index in [0.29, 0.717) is 10.8 Å². The molecular formula is C22H22ClNO2S. The molecule has 0 spiro atoms. The molecule has 0 unspecified atom stereocenters. The van der Waals surface area contributed by atoms with Gasteiger partial charge in [0.1, 0.15) is 5.75 Å². The van der Waals surface area contributed by atoms with E-state index >= 15 is 0 Å². The normalized spacial score (nSPS) is 11.8. The smallest absolute Gasteiger partial charge is 0.258 e. The molecule has 1 amide bonds. The van der Waals surface area contributed by atoms with Gasteiger partial charge in [0.05, 0.1) is 6.04 Å². The molecule has 0 radical (unpaired) electrons. The number of hydrogen-bond acceptors (Lipinski definition) is 3. The van der Waals surface area contributed by atoms with Gasteiger partial charge in [-0.15, -0.1) is 11.3 Å². The first-order chi connectivity index (χ1) is 13.1. The minimum atomic E-state index is -0.182. The van der Waals surface area contributed by atoms with Crippen LogP contribution < -0.4 is 10.1 Å². The fraction of sp³-hybridized carbons (Fsp3) is 0.227. The quantitative estimate of drug-likeness (QED) is 0.565. The van der Waals surface area contributed by atoms with Crippen molar-refractivity contribution >= 4 is 28.8 Å². The molecule has 27 heavy (non-hydrogen) atoms. The highest BCUT2D eigenvalue weighted by atomic mass is 35.5. The Bertz CT molecular complexity index is 891. The molecule has 3 rings (SSSR count). The number of carbonyl (C=O) groups is 1. The van der Waals surface area contributed by atoms with Crippen LogP contribution in [0.4, 0.5) is 0 Å². The number of amides is 1. The Balaban J connectivity index is 1.70. The van der Waals surface area contributed by atoms with Gasteiger partial charge in [0.2, 0.25) is 0 Å². The topological polar surface area (TPSA) is 38.3 Å². The molecule has 0 aliphatic carbocycles. The number of thiophene rings is 1. The number of carbonyl (C=O) groups excluding carboxylic acids is 1. The van der Waals surface area contributed by atoms with Crippen molar-refractivity contribution in [3.05, 3.63) is 86.6 Å². The number of rotatable bonds is 7. The lowest BCUT2D eigenvalue weighted by molar-refractivity contribution is -0.123. The summed E-state index contributed by atoms with van der Waals surface area (Å²) in [6, 6.07) is 17.6. The highest BCUT2D eigenvalue weighted by Gasteiger charge is 2.18. The first-order valence-electron chi connectivity index (χ1n) is 8.87. The molecule has 3 nitrogen and oxygen atoms in total. The Morgan fingerprint density at radius 2 is 1.96 bits per heavy atom. The Kier molecular flexibility index (Phi) is 6.54. The first-order valence-corrected chi connectivity index (χ1v) is 10.1. The van der Waals surface area contributed by atoms with Gasteiger partial charge in [-0.25, -0.2) is 0 Å². The standard InChI is InChI=1S/C22H22ClNO2S/c1-3-16-6-8-17(9-7-16)22(20-5-4-12-27-20)24-21(25)14-26-19-11-10-18(23)13-15(19)2/h4-13,22H,3,14H2,1-2H3,(H,24,25)/t22-/m0/s1. The van der Waals surface area contributed by atoms with Crippen LogP contribution in [-0.2, 0) is 11.2 Å². The highest BCUT2D eigenvalue weighted by Crippen LogP contribution is 2.27. The summed E-state index contributed by atoms with van der Waals surface area (Å²) in [4.78, 5) is 13.6. The Morgan fingerprint density at radius 3 is 2.59 bits per heavy atom. The van der Waals surface area contributed by atoms with E-state index in [2.05, 4.69) is 36.5 Å². The van der Waals surface area contributed by atoms with E-state index in [1.165, 1.54) is 5.56 Å². The number of ether oxygens (including phenoxy) is 1. The SMILES string of the molecule is CCc1ccc([C@H](NC(=O)COc2ccc(Cl)cc2C)c2cccs2)cc1. The highest BCUT2D eigenvalue weighted by molar-refractivity contribution is 7.10. The molecule has 140 valence electrons. The van der Waals surface area contributed by atoms with Gasteiger partial charge in [0, 0.05) is 9.90 Å². The maximum absolute atomic E-state index is 12.5. The van der Waals surface area contributed by atoms with Gasteiger partial charge < -0.3 is 10.1 Å². The van der Waals surface area contributed by atoms with E-state index in [1.807, 2.05) is 30.5 Å². The summed E-state index contributed by atoms with van der Waals surface area (Å²) < 4.78 is 5.68. The summed E-state index contributed by atoms with van der Waals surface area (Å²) in [5.41, 5.74) is 3.24. The van der Waals surface area contributed by atoms with Gasteiger partial charge in [0.25, 0.3) is 5.91 Å². The lowest BCUT2D eigenvalue weighted by atomic mass is 10.0. The second kappa shape index (κ2) is 9.07. The van der Waals surface area contributed by atoms with Gasteiger partial charge in [0.15, 0.2) is 6.61 Å². The second-order valence-corrected chi connectivity index (χ2v) is 7.73. The summed E-state index contributed by atoms with van der Waals surface area (Å²) in [5.74, 6) is 0.497. The average molecular weight is 400 g/mol. The summed E-state index contributed by atoms with van der Waals surface area (Å²) in [7, 11) is 0. The third-order valence-electron chi connectivity index (χ3n) is 4.35. The summed E-state index contributed by atoms with van der Waals surface area (Å²) in [6.07, 6.45) is 0.991. The predicted octanol–water partition coefficient (Wildman–Crippen LogP) is 5.56. The lowest BCUT2D eigenvalue weighted by Crippen LogP contribution is -2.33. The van der Waals surface area contributed by atoms with Crippen molar-refractivity contribution in [2.24, 2.45) is 0 Å². The van der Waals surface area contributed by atoms with Crippen LogP contribution >= 0.6 is 22.9 Å². The molecule has 1 heterocycles. The second-order valence-electron chi connectivity index (χ2n) is 6.31. The molecule has 1 N–H and O–H groups in total. The number of aryl methyl sites for hydroxylation is 2. The van der Waals surface area contributed by atoms with Crippen molar-refractivity contribution in [2.45, 2.75) is 26.3 Å². The van der Waals surface area contributed by atoms with Crippen LogP contribution in [0.5, 0.6) is 5.75 Å². The molecule has 0 bridgehead atoms. The van der Waals surface area contributed by atoms with Crippen LogP contribution in [0.25, 0.3) is 0 Å². The van der Waals surface area contributed by atoms with E-state index in [0.717, 1.165) is 22.4 Å². The average Bonchev–Trinajstić information content (AvgIpc) is 3.20. The van der Waals surface area contributed by atoms with Gasteiger partial charge in [-0.1, -0.05) is 48.9 Å². The molecule has 0 aliphatic heterocycles. The fourth-order valence-corrected chi connectivity index (χ4v) is 3.87. The molecule has 0 aliphatic rings. The molecule has 2 aromatic carbocycles. The molecule has 0 saturated heterocycles. The Hall–Kier alpha value is -2.30. The van der Waals surface area contributed by atoms with Crippen molar-refractivity contribution in [1.29, 1.82) is 0 Å². The van der Waals surface area contributed by atoms with Gasteiger partial charge >= 0.3 is 0 Å². The maximum Gasteiger partial charge on any atom is 0.258 e. The number of nitrogens with one attached hydrogen (secondary N) is 1. The minimum Gasteiger partial charge on any atom is -0.484 e. The Labute approximate surface area is 169 Å². The Morgan fingerprint density at radius 1 is 1.19 bits per heavy atom. The van der Waals surface area contributed by atoms with Gasteiger partial charge in [-0.2, -0.15) is 0 Å². The zero-order chi connectivity index (χ0) is 19.2. The van der Waals surface area contributed by atoms with Crippen LogP contribution in [0.3, 0.4) is 0 Å². The van der Waals surface area contributed by atoms with E-state index in [9.17, 15) is 4.79 Å². The predicted molar refractivity (Wildman–Crippen MR) is 112 cm³/mol. The summed E-state index contributed by atoms with van der Waals surface area (Å²) in [5, 5.41) is 5.76. The molecule has 0 saturated carbocycles. The molecule has 1 aromatic heterocycles. The number of hydrogen-bond donors (Lipinski definition) is 1. The van der Waals surface area contributed by atoms with Crippen LogP contribution in [0, 0.1) is 6.92 Å². The van der Waals surface area contributed by atoms with Crippen LogP contribution in [-0.4, -0.2) is 12.5 Å². The van der Waals surface area contributed by atoms with Crippen LogP contribution in [0.2, 0.25) is 5.02 Å². The van der Waals surface area contributed by atoms with Crippen molar-refractivity contribution in [1.82, 2.24) is 5.32 Å². The van der Waals surface area contributed by atoms with Crippen molar-refractivity contribution in [2.75, 3.05) is 6.61 Å². The summed E-state index contributed by atoms with van der Waals surface area (Å²) in [6.45, 7) is 3.99. The lowest BCUT2D eigenvalue weighted by Gasteiger charge is -2.19. The van der Waals surface area contributed by atoms with Crippen molar-refractivity contribution in [3.8, 4) is 5.75 Å². The van der Waals surface area contributed by atoms with E-state index in [1.54, 1.807) is 23.5 Å². The van der Waals surface area contributed by atoms with Gasteiger partial charge in [-0.05, 0) is 59.7 Å². The maximum atomic E-state index is 12.5. The molecular weight excluding hydrogens is 378 g/mol. The molecule has 1 atom stereocenters. The van der Waals surface area contributed by atoms with E-state index < -0.39 is 0 Å². The summed E-state index contributed by atoms with van der Waals surface area (Å²) >= 11 is 7.59. The van der Waals surface area contributed by atoms with Crippen molar-refractivity contribution < 1.29 is 9.53 Å². The van der Waals surface area contributed by atoms with Crippen molar-refractivity contribution in [3.63, 3.8) is 0 Å². The minimum absolute atomic E-state index is 0.0443. The third kappa shape index (κ3) is 5.12. The fourth-order valence-electron chi connectivity index (χ4n) is 2.84. The largest absolute Gasteiger partial charge is 0.484 e. The van der Waals surface area contributed by atoms with Crippen LogP contribution in [0.1, 0.15) is 34.5 Å². The van der Waals surface area contributed by atoms with E-state index in [-0.39, 0.29) is 18.6 Å². The van der Waals surface area contributed by atoms with E-state index in [4.69, 9.17) is 16.3 Å². The monoisotopic (exact) mass is 399 g/mol. The van der Waals surface area contributed by atoms with Gasteiger partial charge in [-0.3, -0.25) is 4.79 Å². The molecule has 5 heteroatoms. The third-order valence-corrected chi connectivity index (χ3v) is 5.52. The number of halogens is 1. The molecule has 3 aromatic rings. The number of benzene rings is 2. The van der Waals surface area contributed by atoms with Crippen LogP contribution in [0.15, 0.2) is 60.0 Å².